The first kappa shape index (κ1) is 16.6. The molecule has 1 aliphatic carbocycles. The van der Waals surface area contributed by atoms with Crippen LogP contribution in [0.25, 0.3) is 0 Å². The topological polar surface area (TPSA) is 97.2 Å². The summed E-state index contributed by atoms with van der Waals surface area (Å²) in [6, 6.07) is -0.115. The number of nitrogens with zero attached hydrogens (tertiary/aromatic N) is 1. The van der Waals surface area contributed by atoms with Gasteiger partial charge in [0.15, 0.2) is 5.82 Å². The molecule has 2 N–H and O–H groups in total. The van der Waals surface area contributed by atoms with Crippen molar-refractivity contribution in [3.05, 3.63) is 16.4 Å². The molecular weight excluding hydrogens is 286 g/mol. The summed E-state index contributed by atoms with van der Waals surface area (Å²) < 4.78 is 9.87. The highest BCUT2D eigenvalue weighted by Gasteiger charge is 2.28. The normalized spacial score (nSPS) is 18.0. The van der Waals surface area contributed by atoms with E-state index in [1.807, 2.05) is 20.8 Å². The number of hydrogen-bond donors (Lipinski definition) is 2. The summed E-state index contributed by atoms with van der Waals surface area (Å²) >= 11 is 0. The second-order valence-electron chi connectivity index (χ2n) is 6.90. The number of H-pyrrole nitrogens is 1. The van der Waals surface area contributed by atoms with E-state index in [4.69, 9.17) is 4.74 Å². The molecule has 1 amide bonds. The lowest BCUT2D eigenvalue weighted by molar-refractivity contribution is 0.0476. The fourth-order valence-electron chi connectivity index (χ4n) is 2.89. The van der Waals surface area contributed by atoms with Gasteiger partial charge in [0.25, 0.3) is 0 Å². The number of nitrogens with one attached hydrogen (secondary N) is 2. The maximum absolute atomic E-state index is 12.1. The third-order valence-corrected chi connectivity index (χ3v) is 3.82. The minimum atomic E-state index is -0.574. The third-order valence-electron chi connectivity index (χ3n) is 3.82. The zero-order chi connectivity index (χ0) is 16.2. The zero-order valence-corrected chi connectivity index (χ0v) is 13.5. The van der Waals surface area contributed by atoms with Crippen LogP contribution >= 0.6 is 0 Å². The molecule has 1 unspecified atom stereocenters. The minimum Gasteiger partial charge on any atom is -0.444 e. The molecule has 124 valence electrons. The van der Waals surface area contributed by atoms with Crippen LogP contribution in [0.1, 0.15) is 58.7 Å². The van der Waals surface area contributed by atoms with Gasteiger partial charge < -0.3 is 10.1 Å². The first-order valence-electron chi connectivity index (χ1n) is 7.88. The number of rotatable bonds is 4. The van der Waals surface area contributed by atoms with Crippen LogP contribution in [0.3, 0.4) is 0 Å². The first-order chi connectivity index (χ1) is 10.3. The van der Waals surface area contributed by atoms with Gasteiger partial charge in [0.05, 0.1) is 0 Å². The van der Waals surface area contributed by atoms with Crippen LogP contribution in [0, 0.1) is 5.92 Å². The molecule has 22 heavy (non-hydrogen) atoms. The van der Waals surface area contributed by atoms with Crippen molar-refractivity contribution < 1.29 is 14.1 Å². The zero-order valence-electron chi connectivity index (χ0n) is 13.5. The Morgan fingerprint density at radius 2 is 2.09 bits per heavy atom. The Hall–Kier alpha value is -1.79. The first-order valence-corrected chi connectivity index (χ1v) is 7.88. The summed E-state index contributed by atoms with van der Waals surface area (Å²) in [5.41, 5.74) is -0.538. The number of aromatic amines is 1. The van der Waals surface area contributed by atoms with Gasteiger partial charge in [-0.25, -0.2) is 9.59 Å². The van der Waals surface area contributed by atoms with Gasteiger partial charge in [-0.05, 0) is 39.5 Å². The van der Waals surface area contributed by atoms with E-state index in [2.05, 4.69) is 20.0 Å². The number of aromatic nitrogens is 2. The number of hydrogen-bond acceptors (Lipinski definition) is 5. The second kappa shape index (κ2) is 6.98. The van der Waals surface area contributed by atoms with Crippen LogP contribution in [0.2, 0.25) is 0 Å². The summed E-state index contributed by atoms with van der Waals surface area (Å²) in [6.45, 7) is 5.49. The maximum atomic E-state index is 12.1. The molecule has 1 aromatic heterocycles. The molecule has 1 atom stereocenters. The van der Waals surface area contributed by atoms with Gasteiger partial charge in [0.2, 0.25) is 0 Å². The summed E-state index contributed by atoms with van der Waals surface area (Å²) in [5.74, 6) is 0.243. The standard InChI is InChI=1S/C15H25N3O4/c1-15(2,3)21-13(19)16-11(10-7-5-4-6-8-10)9-12-17-14(20)22-18-12/h10-11H,4-9H2,1-3H3,(H,16,19)(H,17,18,20). The van der Waals surface area contributed by atoms with Crippen LogP contribution in [0.15, 0.2) is 9.32 Å². The van der Waals surface area contributed by atoms with Crippen LogP contribution in [-0.2, 0) is 11.2 Å². The fraction of sp³-hybridized carbons (Fsp3) is 0.800. The molecule has 1 saturated carbocycles. The van der Waals surface area contributed by atoms with Crippen LogP contribution in [-0.4, -0.2) is 27.9 Å². The van der Waals surface area contributed by atoms with Crippen molar-refractivity contribution >= 4 is 6.09 Å². The lowest BCUT2D eigenvalue weighted by Gasteiger charge is -2.31. The number of ether oxygens (including phenoxy) is 1. The highest BCUT2D eigenvalue weighted by Crippen LogP contribution is 2.27. The highest BCUT2D eigenvalue weighted by atomic mass is 16.6. The Morgan fingerprint density at radius 3 is 2.64 bits per heavy atom. The Morgan fingerprint density at radius 1 is 1.41 bits per heavy atom. The van der Waals surface area contributed by atoms with Gasteiger partial charge in [0, 0.05) is 12.5 Å². The van der Waals surface area contributed by atoms with E-state index in [0.29, 0.717) is 18.2 Å². The molecule has 0 aliphatic heterocycles. The molecule has 0 bridgehead atoms. The molecule has 1 aromatic rings. The average Bonchev–Trinajstić information content (AvgIpc) is 2.82. The Kier molecular flexibility index (Phi) is 5.26. The van der Waals surface area contributed by atoms with Crippen LogP contribution in [0.4, 0.5) is 4.79 Å². The molecule has 2 rings (SSSR count). The SMILES string of the molecule is CC(C)(C)OC(=O)NC(Cc1noc(=O)[nH]1)C1CCCCC1. The van der Waals surface area contributed by atoms with Crippen LogP contribution in [0.5, 0.6) is 0 Å². The van der Waals surface area contributed by atoms with E-state index in [-0.39, 0.29) is 6.04 Å². The van der Waals surface area contributed by atoms with E-state index in [9.17, 15) is 9.59 Å². The largest absolute Gasteiger partial charge is 0.444 e. The smallest absolute Gasteiger partial charge is 0.438 e. The quantitative estimate of drug-likeness (QED) is 0.889. The molecular formula is C15H25N3O4. The molecule has 7 nitrogen and oxygen atoms in total. The molecule has 1 heterocycles. The van der Waals surface area contributed by atoms with E-state index in [1.54, 1.807) is 0 Å². The number of carbonyl (C=O) groups is 1. The number of amides is 1. The Balaban J connectivity index is 2.03. The van der Waals surface area contributed by atoms with E-state index in [0.717, 1.165) is 25.7 Å². The van der Waals surface area contributed by atoms with E-state index < -0.39 is 17.5 Å². The molecule has 1 aliphatic rings. The molecule has 0 radical (unpaired) electrons. The van der Waals surface area contributed by atoms with Crippen molar-refractivity contribution in [1.82, 2.24) is 15.5 Å². The van der Waals surface area contributed by atoms with Crippen molar-refractivity contribution in [3.8, 4) is 0 Å². The van der Waals surface area contributed by atoms with Gasteiger partial charge in [-0.15, -0.1) is 0 Å². The summed E-state index contributed by atoms with van der Waals surface area (Å²) in [7, 11) is 0. The van der Waals surface area contributed by atoms with E-state index >= 15 is 0 Å². The number of alkyl carbamates (subject to hydrolysis) is 1. The van der Waals surface area contributed by atoms with Gasteiger partial charge in [0.1, 0.15) is 5.60 Å². The van der Waals surface area contributed by atoms with Gasteiger partial charge >= 0.3 is 11.8 Å². The predicted molar refractivity (Wildman–Crippen MR) is 80.6 cm³/mol. The molecule has 0 aromatic carbocycles. The molecule has 0 saturated heterocycles. The van der Waals surface area contributed by atoms with Gasteiger partial charge in [-0.2, -0.15) is 0 Å². The highest BCUT2D eigenvalue weighted by molar-refractivity contribution is 5.68. The second-order valence-corrected chi connectivity index (χ2v) is 6.90. The van der Waals surface area contributed by atoms with Crippen molar-refractivity contribution in [1.29, 1.82) is 0 Å². The predicted octanol–water partition coefficient (Wildman–Crippen LogP) is 2.38. The summed E-state index contributed by atoms with van der Waals surface area (Å²) in [6.07, 6.45) is 5.67. The fourth-order valence-corrected chi connectivity index (χ4v) is 2.89. The number of carbonyl (C=O) groups excluding carboxylic acids is 1. The molecule has 0 spiro atoms. The minimum absolute atomic E-state index is 0.115. The average molecular weight is 311 g/mol. The van der Waals surface area contributed by atoms with Crippen molar-refractivity contribution in [3.63, 3.8) is 0 Å². The maximum Gasteiger partial charge on any atom is 0.438 e. The summed E-state index contributed by atoms with van der Waals surface area (Å²) in [4.78, 5) is 25.7. The van der Waals surface area contributed by atoms with Crippen molar-refractivity contribution in [2.24, 2.45) is 5.92 Å². The van der Waals surface area contributed by atoms with Crippen LogP contribution < -0.4 is 11.1 Å². The molecule has 7 heteroatoms. The lowest BCUT2D eigenvalue weighted by atomic mass is 9.82. The molecule has 1 fully saturated rings. The van der Waals surface area contributed by atoms with Crippen molar-refractivity contribution in [2.75, 3.05) is 0 Å². The third kappa shape index (κ3) is 5.20. The Bertz CT molecular complexity index is 537. The summed E-state index contributed by atoms with van der Waals surface area (Å²) in [5, 5.41) is 6.63. The van der Waals surface area contributed by atoms with Gasteiger partial charge in [-0.1, -0.05) is 24.4 Å². The van der Waals surface area contributed by atoms with Gasteiger partial charge in [-0.3, -0.25) is 9.51 Å². The van der Waals surface area contributed by atoms with Crippen molar-refractivity contribution in [2.45, 2.75) is 70.9 Å². The monoisotopic (exact) mass is 311 g/mol. The van der Waals surface area contributed by atoms with E-state index in [1.165, 1.54) is 6.42 Å². The Labute approximate surface area is 129 Å². The lowest BCUT2D eigenvalue weighted by Crippen LogP contribution is -2.45.